The molecule has 256 valence electrons. The van der Waals surface area contributed by atoms with Crippen LogP contribution >= 0.6 is 37.2 Å². The largest absolute Gasteiger partial charge is 0.480 e. The molecule has 0 amide bonds. The Morgan fingerprint density at radius 3 is 2.33 bits per heavy atom. The van der Waals surface area contributed by atoms with Gasteiger partial charge in [0.1, 0.15) is 11.9 Å². The molecule has 1 N–H and O–H groups in total. The maximum Gasteiger partial charge on any atom is 0.320 e. The van der Waals surface area contributed by atoms with Crippen LogP contribution in [0.4, 0.5) is 4.39 Å². The maximum atomic E-state index is 14.3. The molecule has 0 bridgehead atoms. The molecule has 1 aliphatic heterocycles. The van der Waals surface area contributed by atoms with Crippen LogP contribution in [-0.4, -0.2) is 69.4 Å². The highest BCUT2D eigenvalue weighted by Gasteiger charge is 2.41. The van der Waals surface area contributed by atoms with Crippen LogP contribution in [0.3, 0.4) is 0 Å². The third kappa shape index (κ3) is 9.93. The number of aromatic nitrogens is 2. The van der Waals surface area contributed by atoms with Gasteiger partial charge in [0.25, 0.3) is 0 Å². The van der Waals surface area contributed by atoms with E-state index in [2.05, 4.69) is 77.7 Å². The highest BCUT2D eigenvalue weighted by molar-refractivity contribution is 5.86. The van der Waals surface area contributed by atoms with Crippen molar-refractivity contribution >= 4 is 43.2 Å². The maximum absolute atomic E-state index is 14.3. The van der Waals surface area contributed by atoms with E-state index in [1.165, 1.54) is 17.3 Å². The van der Waals surface area contributed by atoms with E-state index in [-0.39, 0.29) is 55.0 Å². The number of piperidine rings is 1. The lowest BCUT2D eigenvalue weighted by Gasteiger charge is -2.35. The Labute approximate surface area is 293 Å². The molecule has 1 aromatic heterocycles. The van der Waals surface area contributed by atoms with Crippen molar-refractivity contribution < 1.29 is 14.3 Å². The van der Waals surface area contributed by atoms with Gasteiger partial charge < -0.3 is 10.0 Å². The minimum Gasteiger partial charge on any atom is -0.480 e. The molecule has 1 aliphatic carbocycles. The number of halogens is 4. The Morgan fingerprint density at radius 1 is 1.02 bits per heavy atom. The van der Waals surface area contributed by atoms with Crippen LogP contribution < -0.4 is 0 Å². The fraction of sp³-hybridized carbons (Fsp3) is 0.556. The molecule has 10 heteroatoms. The average molecular weight is 698 g/mol. The third-order valence-electron chi connectivity index (χ3n) is 9.88. The molecule has 3 aromatic rings. The van der Waals surface area contributed by atoms with Gasteiger partial charge in [-0.15, -0.1) is 37.2 Å². The van der Waals surface area contributed by atoms with Crippen LogP contribution in [0.2, 0.25) is 0 Å². The number of rotatable bonds is 12. The van der Waals surface area contributed by atoms with Crippen LogP contribution in [-0.2, 0) is 17.8 Å². The minimum atomic E-state index is -0.748. The quantitative estimate of drug-likeness (QED) is 0.208. The van der Waals surface area contributed by atoms with Gasteiger partial charge in [-0.05, 0) is 106 Å². The van der Waals surface area contributed by atoms with Gasteiger partial charge >= 0.3 is 5.97 Å². The molecule has 0 spiro atoms. The second-order valence-electron chi connectivity index (χ2n) is 13.3. The van der Waals surface area contributed by atoms with E-state index in [0.29, 0.717) is 24.2 Å². The molecule has 0 radical (unpaired) electrons. The van der Waals surface area contributed by atoms with Crippen molar-refractivity contribution in [3.8, 4) is 0 Å². The van der Waals surface area contributed by atoms with Gasteiger partial charge in [0.2, 0.25) is 0 Å². The summed E-state index contributed by atoms with van der Waals surface area (Å²) in [4.78, 5) is 16.9. The van der Waals surface area contributed by atoms with Gasteiger partial charge in [0.15, 0.2) is 0 Å². The number of aliphatic carboxylic acids is 1. The molecular weight excluding hydrogens is 646 g/mol. The van der Waals surface area contributed by atoms with Crippen molar-refractivity contribution in [2.75, 3.05) is 26.7 Å². The summed E-state index contributed by atoms with van der Waals surface area (Å²) < 4.78 is 16.5. The van der Waals surface area contributed by atoms with Crippen LogP contribution in [0.1, 0.15) is 87.2 Å². The lowest BCUT2D eigenvalue weighted by Crippen LogP contribution is -2.45. The van der Waals surface area contributed by atoms with Crippen molar-refractivity contribution in [1.82, 2.24) is 19.6 Å². The number of likely N-dealkylation sites (tertiary alicyclic amines) is 1. The van der Waals surface area contributed by atoms with Gasteiger partial charge in [-0.25, -0.2) is 4.39 Å². The Kier molecular flexibility index (Phi) is 16.0. The molecule has 2 aliphatic rings. The van der Waals surface area contributed by atoms with E-state index in [1.807, 2.05) is 13.1 Å². The SMILES string of the molecule is CCn1nc(Cc2ccccc2)cc1C1CCN(CC2CC(N(C)[C@H](CC(C)C)C(=O)O)CC2c2cccc(F)c2)CC1.Cl.Cl.Cl. The molecule has 3 unspecified atom stereocenters. The molecule has 2 heterocycles. The summed E-state index contributed by atoms with van der Waals surface area (Å²) in [5, 5.41) is 15.0. The first-order chi connectivity index (χ1) is 20.7. The van der Waals surface area contributed by atoms with Crippen molar-refractivity contribution in [2.24, 2.45) is 11.8 Å². The predicted molar refractivity (Wildman–Crippen MR) is 192 cm³/mol. The summed E-state index contributed by atoms with van der Waals surface area (Å²) in [6.07, 6.45) is 5.50. The van der Waals surface area contributed by atoms with Gasteiger partial charge in [-0.2, -0.15) is 5.10 Å². The highest BCUT2D eigenvalue weighted by atomic mass is 35.5. The van der Waals surface area contributed by atoms with Crippen LogP contribution in [0.5, 0.6) is 0 Å². The van der Waals surface area contributed by atoms with Crippen molar-refractivity contribution in [3.05, 3.63) is 89.0 Å². The van der Waals surface area contributed by atoms with E-state index >= 15 is 0 Å². The Morgan fingerprint density at radius 2 is 1.72 bits per heavy atom. The summed E-state index contributed by atoms with van der Waals surface area (Å²) >= 11 is 0. The second kappa shape index (κ2) is 18.4. The molecular formula is C36H52Cl3FN4O2. The number of hydrogen-bond acceptors (Lipinski definition) is 4. The van der Waals surface area contributed by atoms with Gasteiger partial charge in [-0.3, -0.25) is 14.4 Å². The van der Waals surface area contributed by atoms with E-state index in [9.17, 15) is 14.3 Å². The second-order valence-corrected chi connectivity index (χ2v) is 13.3. The number of benzene rings is 2. The van der Waals surface area contributed by atoms with Gasteiger partial charge in [-0.1, -0.05) is 56.3 Å². The van der Waals surface area contributed by atoms with Crippen LogP contribution in [0.25, 0.3) is 0 Å². The standard InChI is InChI=1S/C36H49FN4O2.3ClH/c1-5-41-34(22-31(38-41)19-26-10-7-6-8-11-26)27-14-16-40(17-15-27)24-29-21-32(39(4)35(36(42)43)18-25(2)3)23-33(29)28-12-9-13-30(37)20-28;;;/h6-13,20,22,25,27,29,32-33,35H,5,14-19,21,23-24H2,1-4H3,(H,42,43);3*1H/t29?,32?,33?,35-;;;/m1.../s1. The third-order valence-corrected chi connectivity index (χ3v) is 9.88. The van der Waals surface area contributed by atoms with E-state index in [1.54, 1.807) is 6.07 Å². The van der Waals surface area contributed by atoms with Crippen LogP contribution in [0.15, 0.2) is 60.7 Å². The number of aryl methyl sites for hydroxylation is 1. The molecule has 1 saturated carbocycles. The van der Waals surface area contributed by atoms with Crippen molar-refractivity contribution in [1.29, 1.82) is 0 Å². The smallest absolute Gasteiger partial charge is 0.320 e. The number of carboxylic acid groups (broad SMARTS) is 1. The lowest BCUT2D eigenvalue weighted by molar-refractivity contribution is -0.144. The number of likely N-dealkylation sites (N-methyl/N-ethyl adjacent to an activating group) is 1. The van der Waals surface area contributed by atoms with E-state index < -0.39 is 12.0 Å². The Hall–Kier alpha value is -2.16. The van der Waals surface area contributed by atoms with E-state index in [0.717, 1.165) is 69.5 Å². The molecule has 6 nitrogen and oxygen atoms in total. The molecule has 2 aromatic carbocycles. The minimum absolute atomic E-state index is 0. The van der Waals surface area contributed by atoms with Gasteiger partial charge in [0.05, 0.1) is 5.69 Å². The zero-order chi connectivity index (χ0) is 30.5. The average Bonchev–Trinajstić information content (AvgIpc) is 3.60. The monoisotopic (exact) mass is 696 g/mol. The first kappa shape index (κ1) is 40.0. The zero-order valence-corrected chi connectivity index (χ0v) is 30.0. The van der Waals surface area contributed by atoms with Crippen molar-refractivity contribution in [2.45, 2.75) is 89.8 Å². The van der Waals surface area contributed by atoms with Crippen molar-refractivity contribution in [3.63, 3.8) is 0 Å². The molecule has 1 saturated heterocycles. The Balaban J connectivity index is 0.00000245. The number of carboxylic acids is 1. The summed E-state index contributed by atoms with van der Waals surface area (Å²) in [7, 11) is 1.98. The normalized spacial score (nSPS) is 21.0. The summed E-state index contributed by atoms with van der Waals surface area (Å²) in [5.41, 5.74) is 4.83. The lowest BCUT2D eigenvalue weighted by atomic mass is 9.87. The molecule has 46 heavy (non-hydrogen) atoms. The zero-order valence-electron chi connectivity index (χ0n) is 27.6. The topological polar surface area (TPSA) is 61.6 Å². The van der Waals surface area contributed by atoms with Gasteiger partial charge in [0, 0.05) is 37.2 Å². The fourth-order valence-corrected chi connectivity index (χ4v) is 7.62. The molecule has 4 atom stereocenters. The molecule has 5 rings (SSSR count). The predicted octanol–water partition coefficient (Wildman–Crippen LogP) is 8.07. The van der Waals surface area contributed by atoms with Crippen LogP contribution in [0, 0.1) is 17.7 Å². The number of nitrogens with zero attached hydrogens (tertiary/aromatic N) is 4. The molecule has 2 fully saturated rings. The number of hydrogen-bond donors (Lipinski definition) is 1. The summed E-state index contributed by atoms with van der Waals surface area (Å²) in [6.45, 7) is 10.2. The summed E-state index contributed by atoms with van der Waals surface area (Å²) in [5.74, 6) is 0.439. The summed E-state index contributed by atoms with van der Waals surface area (Å²) in [6, 6.07) is 19.6. The first-order valence-corrected chi connectivity index (χ1v) is 16.2. The Bertz CT molecular complexity index is 1350. The fourth-order valence-electron chi connectivity index (χ4n) is 7.62. The highest BCUT2D eigenvalue weighted by Crippen LogP contribution is 2.43. The first-order valence-electron chi connectivity index (χ1n) is 16.2. The van der Waals surface area contributed by atoms with E-state index in [4.69, 9.17) is 5.10 Å². The number of carbonyl (C=O) groups is 1.